The van der Waals surface area contributed by atoms with E-state index in [2.05, 4.69) is 4.74 Å². The van der Waals surface area contributed by atoms with E-state index in [4.69, 9.17) is 5.84 Å². The van der Waals surface area contributed by atoms with Crippen molar-refractivity contribution in [3.8, 4) is 5.75 Å². The lowest BCUT2D eigenvalue weighted by Gasteiger charge is -2.29. The van der Waals surface area contributed by atoms with Gasteiger partial charge in [0.2, 0.25) is 5.91 Å². The van der Waals surface area contributed by atoms with Gasteiger partial charge in [-0.05, 0) is 18.9 Å². The summed E-state index contributed by atoms with van der Waals surface area (Å²) in [6.07, 6.45) is -3.67. The maximum atomic E-state index is 12.3. The van der Waals surface area contributed by atoms with E-state index in [1.54, 1.807) is 6.07 Å². The van der Waals surface area contributed by atoms with Crippen LogP contribution >= 0.6 is 0 Å². The third-order valence-electron chi connectivity index (χ3n) is 2.99. The van der Waals surface area contributed by atoms with Crippen molar-refractivity contribution in [1.82, 2.24) is 5.01 Å². The molecule has 1 atom stereocenters. The largest absolute Gasteiger partial charge is 0.573 e. The summed E-state index contributed by atoms with van der Waals surface area (Å²) in [6.45, 7) is 0.414. The number of nitrogens with two attached hydrogens (primary N) is 1. The van der Waals surface area contributed by atoms with E-state index in [1.165, 1.54) is 18.2 Å². The Morgan fingerprint density at radius 1 is 1.32 bits per heavy atom. The Hall–Kier alpha value is -1.76. The second-order valence-electron chi connectivity index (χ2n) is 4.31. The normalized spacial score (nSPS) is 20.5. The van der Waals surface area contributed by atoms with Crippen LogP contribution in [0.2, 0.25) is 0 Å². The molecule has 0 bridgehead atoms. The summed E-state index contributed by atoms with van der Waals surface area (Å²) in [5.41, 5.74) is 0.222. The zero-order valence-electron chi connectivity index (χ0n) is 9.98. The number of benzene rings is 1. The second-order valence-corrected chi connectivity index (χ2v) is 4.31. The highest BCUT2D eigenvalue weighted by molar-refractivity contribution is 5.84. The van der Waals surface area contributed by atoms with Gasteiger partial charge in [-0.15, -0.1) is 13.2 Å². The number of para-hydroxylation sites is 1. The standard InChI is InChI=1S/C12H13F3N2O2/c13-12(14,15)19-10-6-2-1-4-8(10)9-5-3-7-17(16)11(9)18/h1-2,4,6,9H,3,5,7,16H2. The van der Waals surface area contributed by atoms with Crippen molar-refractivity contribution < 1.29 is 22.7 Å². The van der Waals surface area contributed by atoms with E-state index in [0.717, 1.165) is 5.01 Å². The highest BCUT2D eigenvalue weighted by Crippen LogP contribution is 2.35. The Balaban J connectivity index is 2.31. The molecule has 1 fully saturated rings. The van der Waals surface area contributed by atoms with Gasteiger partial charge in [0, 0.05) is 12.1 Å². The zero-order valence-corrected chi connectivity index (χ0v) is 9.98. The fourth-order valence-corrected chi connectivity index (χ4v) is 2.17. The number of carbonyl (C=O) groups is 1. The van der Waals surface area contributed by atoms with Crippen LogP contribution in [0.3, 0.4) is 0 Å². The smallest absolute Gasteiger partial charge is 0.405 e. The monoisotopic (exact) mass is 274 g/mol. The fraction of sp³-hybridized carbons (Fsp3) is 0.417. The number of piperidine rings is 1. The van der Waals surface area contributed by atoms with Gasteiger partial charge in [-0.3, -0.25) is 9.80 Å². The van der Waals surface area contributed by atoms with Crippen LogP contribution in [0.1, 0.15) is 24.3 Å². The number of hydrogen-bond acceptors (Lipinski definition) is 3. The molecule has 0 aromatic heterocycles. The van der Waals surface area contributed by atoms with Crippen molar-refractivity contribution in [3.05, 3.63) is 29.8 Å². The molecule has 1 amide bonds. The van der Waals surface area contributed by atoms with E-state index in [1.807, 2.05) is 0 Å². The first-order chi connectivity index (χ1) is 8.88. The molecule has 1 unspecified atom stereocenters. The number of hydrogen-bond donors (Lipinski definition) is 1. The third-order valence-corrected chi connectivity index (χ3v) is 2.99. The highest BCUT2D eigenvalue weighted by Gasteiger charge is 2.35. The van der Waals surface area contributed by atoms with Crippen LogP contribution in [0.4, 0.5) is 13.2 Å². The molecule has 1 saturated heterocycles. The van der Waals surface area contributed by atoms with Crippen LogP contribution in [-0.2, 0) is 4.79 Å². The quantitative estimate of drug-likeness (QED) is 0.664. The van der Waals surface area contributed by atoms with Crippen molar-refractivity contribution in [2.45, 2.75) is 25.1 Å². The van der Waals surface area contributed by atoms with Gasteiger partial charge in [0.15, 0.2) is 0 Å². The molecule has 1 aromatic rings. The van der Waals surface area contributed by atoms with Crippen LogP contribution in [0.15, 0.2) is 24.3 Å². The predicted molar refractivity (Wildman–Crippen MR) is 61.0 cm³/mol. The predicted octanol–water partition coefficient (Wildman–Crippen LogP) is 2.16. The maximum absolute atomic E-state index is 12.3. The molecule has 1 aliphatic rings. The number of halogens is 3. The summed E-state index contributed by atoms with van der Waals surface area (Å²) in [4.78, 5) is 11.9. The molecule has 2 N–H and O–H groups in total. The number of amides is 1. The minimum Gasteiger partial charge on any atom is -0.405 e. The molecule has 7 heteroatoms. The summed E-state index contributed by atoms with van der Waals surface area (Å²) < 4.78 is 40.9. The molecule has 4 nitrogen and oxygen atoms in total. The van der Waals surface area contributed by atoms with Gasteiger partial charge in [0.25, 0.3) is 0 Å². The van der Waals surface area contributed by atoms with E-state index in [-0.39, 0.29) is 17.2 Å². The summed E-state index contributed by atoms with van der Waals surface area (Å²) in [6, 6.07) is 5.66. The Labute approximate surface area is 107 Å². The number of hydrazine groups is 1. The summed E-state index contributed by atoms with van der Waals surface area (Å²) in [7, 11) is 0. The molecule has 1 aromatic carbocycles. The van der Waals surface area contributed by atoms with E-state index < -0.39 is 12.3 Å². The van der Waals surface area contributed by atoms with Crippen molar-refractivity contribution in [1.29, 1.82) is 0 Å². The maximum Gasteiger partial charge on any atom is 0.573 e. The molecule has 1 heterocycles. The van der Waals surface area contributed by atoms with Crippen LogP contribution in [-0.4, -0.2) is 23.8 Å². The lowest BCUT2D eigenvalue weighted by Crippen LogP contribution is -2.44. The second kappa shape index (κ2) is 5.08. The summed E-state index contributed by atoms with van der Waals surface area (Å²) in [5, 5.41) is 1.04. The van der Waals surface area contributed by atoms with E-state index in [0.29, 0.717) is 19.4 Å². The van der Waals surface area contributed by atoms with E-state index in [9.17, 15) is 18.0 Å². The van der Waals surface area contributed by atoms with Crippen LogP contribution in [0, 0.1) is 0 Å². The van der Waals surface area contributed by atoms with Gasteiger partial charge in [0.05, 0.1) is 5.92 Å². The van der Waals surface area contributed by atoms with Gasteiger partial charge in [-0.1, -0.05) is 18.2 Å². The Kier molecular flexibility index (Phi) is 3.66. The van der Waals surface area contributed by atoms with Crippen molar-refractivity contribution in [2.24, 2.45) is 5.84 Å². The molecular formula is C12H13F3N2O2. The molecular weight excluding hydrogens is 261 g/mol. The summed E-state index contributed by atoms with van der Waals surface area (Å²) >= 11 is 0. The van der Waals surface area contributed by atoms with Crippen LogP contribution in [0.5, 0.6) is 5.75 Å². The van der Waals surface area contributed by atoms with Crippen molar-refractivity contribution in [2.75, 3.05) is 6.54 Å². The first kappa shape index (κ1) is 13.7. The molecule has 0 radical (unpaired) electrons. The Morgan fingerprint density at radius 2 is 2.00 bits per heavy atom. The Bertz CT molecular complexity index is 476. The zero-order chi connectivity index (χ0) is 14.0. The minimum absolute atomic E-state index is 0.222. The van der Waals surface area contributed by atoms with Gasteiger partial charge in [-0.2, -0.15) is 0 Å². The lowest BCUT2D eigenvalue weighted by atomic mass is 9.90. The molecule has 104 valence electrons. The molecule has 2 rings (SSSR count). The summed E-state index contributed by atoms with van der Waals surface area (Å²) in [5.74, 6) is 4.09. The first-order valence-electron chi connectivity index (χ1n) is 5.79. The number of alkyl halides is 3. The third kappa shape index (κ3) is 3.17. The topological polar surface area (TPSA) is 55.6 Å². The fourth-order valence-electron chi connectivity index (χ4n) is 2.17. The van der Waals surface area contributed by atoms with Gasteiger partial charge >= 0.3 is 6.36 Å². The van der Waals surface area contributed by atoms with Gasteiger partial charge in [-0.25, -0.2) is 5.84 Å². The van der Waals surface area contributed by atoms with E-state index >= 15 is 0 Å². The van der Waals surface area contributed by atoms with Crippen LogP contribution in [0.25, 0.3) is 0 Å². The number of nitrogens with zero attached hydrogens (tertiary/aromatic N) is 1. The average molecular weight is 274 g/mol. The SMILES string of the molecule is NN1CCCC(c2ccccc2OC(F)(F)F)C1=O. The molecule has 0 aliphatic carbocycles. The lowest BCUT2D eigenvalue weighted by molar-refractivity contribution is -0.275. The minimum atomic E-state index is -4.78. The molecule has 0 saturated carbocycles. The van der Waals surface area contributed by atoms with Crippen molar-refractivity contribution >= 4 is 5.91 Å². The average Bonchev–Trinajstić information content (AvgIpc) is 2.32. The Morgan fingerprint density at radius 3 is 2.68 bits per heavy atom. The van der Waals surface area contributed by atoms with Gasteiger partial charge in [0.1, 0.15) is 5.75 Å². The molecule has 0 spiro atoms. The highest BCUT2D eigenvalue weighted by atomic mass is 19.4. The number of ether oxygens (including phenoxy) is 1. The number of rotatable bonds is 2. The first-order valence-corrected chi connectivity index (χ1v) is 5.79. The number of carbonyl (C=O) groups excluding carboxylic acids is 1. The van der Waals surface area contributed by atoms with Crippen LogP contribution < -0.4 is 10.6 Å². The molecule has 19 heavy (non-hydrogen) atoms. The van der Waals surface area contributed by atoms with Crippen molar-refractivity contribution in [3.63, 3.8) is 0 Å². The van der Waals surface area contributed by atoms with Gasteiger partial charge < -0.3 is 4.74 Å². The molecule has 1 aliphatic heterocycles.